The van der Waals surface area contributed by atoms with Gasteiger partial charge in [0.1, 0.15) is 0 Å². The highest BCUT2D eigenvalue weighted by molar-refractivity contribution is 8.25. The molecule has 9 nitrogen and oxygen atoms in total. The first kappa shape index (κ1) is 31.5. The topological polar surface area (TPSA) is 122 Å². The van der Waals surface area contributed by atoms with Gasteiger partial charge in [-0.05, 0) is 66.0 Å². The molecular formula is C34H40N4O5S2. The van der Waals surface area contributed by atoms with E-state index in [0.29, 0.717) is 11.3 Å². The van der Waals surface area contributed by atoms with Gasteiger partial charge >= 0.3 is 0 Å². The van der Waals surface area contributed by atoms with E-state index in [1.165, 1.54) is 23.6 Å². The number of nitrogens with zero attached hydrogens (tertiary/aromatic N) is 2. The lowest BCUT2D eigenvalue weighted by atomic mass is 10.0. The number of hydrogen-bond acceptors (Lipinski definition) is 7. The molecule has 1 amide bonds. The minimum atomic E-state index is -3.99. The van der Waals surface area contributed by atoms with E-state index in [0.717, 1.165) is 41.5 Å². The lowest BCUT2D eigenvalue weighted by Crippen LogP contribution is -2.42. The largest absolute Gasteiger partial charge is 0.347 e. The Bertz CT molecular complexity index is 1780. The number of piperidine rings is 1. The second-order valence-corrected chi connectivity index (χ2v) is 15.8. The number of hydrogen-bond donors (Lipinski definition) is 4. The van der Waals surface area contributed by atoms with Crippen molar-refractivity contribution in [2.24, 2.45) is 0 Å². The monoisotopic (exact) mass is 648 g/mol. The van der Waals surface area contributed by atoms with Crippen LogP contribution in [0, 0.1) is 0 Å². The summed E-state index contributed by atoms with van der Waals surface area (Å²) in [6, 6.07) is 26.0. The van der Waals surface area contributed by atoms with Gasteiger partial charge in [-0.3, -0.25) is 23.1 Å². The zero-order valence-corrected chi connectivity index (χ0v) is 26.9. The van der Waals surface area contributed by atoms with E-state index in [1.807, 2.05) is 48.5 Å². The third kappa shape index (κ3) is 7.19. The normalized spacial score (nSPS) is 19.9. The fourth-order valence-corrected chi connectivity index (χ4v) is 8.94. The Kier molecular flexibility index (Phi) is 9.19. The summed E-state index contributed by atoms with van der Waals surface area (Å²) in [5.41, 5.74) is 3.20. The van der Waals surface area contributed by atoms with Gasteiger partial charge < -0.3 is 5.32 Å². The summed E-state index contributed by atoms with van der Waals surface area (Å²) in [5.74, 6) is -0.467. The number of carbonyl (C=O) groups excluding carboxylic acids is 1. The van der Waals surface area contributed by atoms with Gasteiger partial charge in [0.25, 0.3) is 0 Å². The average Bonchev–Trinajstić information content (AvgIpc) is 3.03. The van der Waals surface area contributed by atoms with Crippen LogP contribution in [0.3, 0.4) is 0 Å². The maximum Gasteiger partial charge on any atom is 0.241 e. The van der Waals surface area contributed by atoms with Crippen molar-refractivity contribution < 1.29 is 22.3 Å². The molecule has 0 saturated carbocycles. The van der Waals surface area contributed by atoms with E-state index in [2.05, 4.69) is 14.9 Å². The standard InChI is InChI=1S/C34H40N4O5S2/c1-37-33-20-25(23-38-18-8-3-9-19-38)14-17-30(33)32(24-44(37,40)41)35-34(39)22-31(27-11-4-2-5-12-27)36-45(42,43)29-16-15-26-10-6-7-13-28(26)21-29/h2,4-7,10-17,20-21,31-32,36,40-41H,3,8-9,18-19,22-24H2,1H3,(H,35,39)/t31-,32+/m1/s1. The number of carbonyl (C=O) groups is 1. The molecule has 1 saturated heterocycles. The van der Waals surface area contributed by atoms with Gasteiger partial charge in [-0.15, -0.1) is 10.8 Å². The molecule has 4 N–H and O–H groups in total. The van der Waals surface area contributed by atoms with Crippen LogP contribution in [0.4, 0.5) is 5.69 Å². The highest BCUT2D eigenvalue weighted by Crippen LogP contribution is 2.54. The minimum Gasteiger partial charge on any atom is -0.347 e. The summed E-state index contributed by atoms with van der Waals surface area (Å²) in [6.45, 7) is 2.88. The highest BCUT2D eigenvalue weighted by Gasteiger charge is 2.36. The molecule has 2 atom stereocenters. The Morgan fingerprint density at radius 1 is 0.911 bits per heavy atom. The maximum atomic E-state index is 13.6. The van der Waals surface area contributed by atoms with Gasteiger partial charge in [0.05, 0.1) is 28.4 Å². The predicted octanol–water partition coefficient (Wildman–Crippen LogP) is 6.21. The first-order chi connectivity index (χ1) is 21.6. The van der Waals surface area contributed by atoms with Crippen LogP contribution in [0.25, 0.3) is 10.8 Å². The van der Waals surface area contributed by atoms with E-state index in [9.17, 15) is 22.3 Å². The van der Waals surface area contributed by atoms with Crippen LogP contribution in [0.2, 0.25) is 0 Å². The molecule has 2 aliphatic heterocycles. The Morgan fingerprint density at radius 2 is 1.62 bits per heavy atom. The van der Waals surface area contributed by atoms with Gasteiger partial charge in [-0.1, -0.05) is 79.2 Å². The van der Waals surface area contributed by atoms with Crippen molar-refractivity contribution in [3.05, 3.63) is 108 Å². The summed E-state index contributed by atoms with van der Waals surface area (Å²) >= 11 is 0. The van der Waals surface area contributed by atoms with Crippen LogP contribution < -0.4 is 14.3 Å². The first-order valence-electron chi connectivity index (χ1n) is 15.3. The molecule has 0 bridgehead atoms. The van der Waals surface area contributed by atoms with Gasteiger partial charge in [-0.2, -0.15) is 0 Å². The van der Waals surface area contributed by atoms with Crippen molar-refractivity contribution in [2.75, 3.05) is 30.2 Å². The smallest absolute Gasteiger partial charge is 0.241 e. The summed E-state index contributed by atoms with van der Waals surface area (Å²) < 4.78 is 53.4. The van der Waals surface area contributed by atoms with Gasteiger partial charge in [0.2, 0.25) is 15.9 Å². The van der Waals surface area contributed by atoms with Gasteiger partial charge in [0.15, 0.2) is 0 Å². The Morgan fingerprint density at radius 3 is 2.38 bits per heavy atom. The van der Waals surface area contributed by atoms with Crippen molar-refractivity contribution in [1.82, 2.24) is 14.9 Å². The highest BCUT2D eigenvalue weighted by atomic mass is 32.3. The molecule has 0 aliphatic carbocycles. The molecule has 0 radical (unpaired) electrons. The molecule has 45 heavy (non-hydrogen) atoms. The molecule has 2 heterocycles. The van der Waals surface area contributed by atoms with Gasteiger partial charge in [-0.25, -0.2) is 13.1 Å². The molecular weight excluding hydrogens is 609 g/mol. The number of rotatable bonds is 9. The summed E-state index contributed by atoms with van der Waals surface area (Å²) in [5, 5.41) is 4.72. The molecule has 4 aromatic rings. The van der Waals surface area contributed by atoms with Crippen molar-refractivity contribution in [3.63, 3.8) is 0 Å². The number of sulfonamides is 1. The van der Waals surface area contributed by atoms with E-state index in [-0.39, 0.29) is 17.1 Å². The third-order valence-corrected chi connectivity index (χ3v) is 12.1. The first-order valence-corrected chi connectivity index (χ1v) is 18.4. The summed E-state index contributed by atoms with van der Waals surface area (Å²) in [4.78, 5) is 16.1. The second-order valence-electron chi connectivity index (χ2n) is 11.9. The predicted molar refractivity (Wildman–Crippen MR) is 181 cm³/mol. The zero-order valence-electron chi connectivity index (χ0n) is 25.3. The van der Waals surface area contributed by atoms with E-state index < -0.39 is 38.8 Å². The molecule has 4 aromatic carbocycles. The molecule has 0 aromatic heterocycles. The zero-order chi connectivity index (χ0) is 31.6. The minimum absolute atomic E-state index is 0.0630. The molecule has 2 aliphatic rings. The van der Waals surface area contributed by atoms with E-state index >= 15 is 0 Å². The number of amides is 1. The number of likely N-dealkylation sites (tertiary alicyclic amines) is 1. The fraction of sp³-hybridized carbons (Fsp3) is 0.324. The molecule has 6 rings (SSSR count). The van der Waals surface area contributed by atoms with Crippen LogP contribution in [0.5, 0.6) is 0 Å². The van der Waals surface area contributed by atoms with Gasteiger partial charge in [0, 0.05) is 25.6 Å². The molecule has 11 heteroatoms. The molecule has 1 fully saturated rings. The van der Waals surface area contributed by atoms with Crippen LogP contribution in [0.15, 0.2) is 95.9 Å². The van der Waals surface area contributed by atoms with Crippen molar-refractivity contribution in [2.45, 2.75) is 49.2 Å². The van der Waals surface area contributed by atoms with E-state index in [1.54, 1.807) is 49.5 Å². The summed E-state index contributed by atoms with van der Waals surface area (Å²) in [7, 11) is -5.50. The number of benzene rings is 4. The van der Waals surface area contributed by atoms with Crippen LogP contribution in [-0.2, 0) is 21.4 Å². The number of nitrogens with one attached hydrogen (secondary N) is 2. The SMILES string of the molecule is CN1c2cc(CN3CCCCC3)ccc2[C@@H](NC(=O)C[C@@H](NS(=O)(=O)c2ccc3ccccc3c2)c2ccccc2)CS1(O)O. The van der Waals surface area contributed by atoms with Crippen molar-refractivity contribution in [1.29, 1.82) is 0 Å². The Balaban J connectivity index is 1.22. The van der Waals surface area contributed by atoms with Crippen molar-refractivity contribution in [3.8, 4) is 0 Å². The number of fused-ring (bicyclic) bond motifs is 2. The molecule has 0 spiro atoms. The summed E-state index contributed by atoms with van der Waals surface area (Å²) in [6.07, 6.45) is 3.44. The maximum absolute atomic E-state index is 13.6. The van der Waals surface area contributed by atoms with Crippen LogP contribution in [-0.4, -0.2) is 54.2 Å². The molecule has 238 valence electrons. The lowest BCUT2D eigenvalue weighted by Gasteiger charge is -2.49. The van der Waals surface area contributed by atoms with E-state index in [4.69, 9.17) is 0 Å². The lowest BCUT2D eigenvalue weighted by molar-refractivity contribution is -0.122. The Labute approximate surface area is 266 Å². The molecule has 0 unspecified atom stereocenters. The number of anilines is 1. The average molecular weight is 649 g/mol. The fourth-order valence-electron chi connectivity index (χ4n) is 6.27. The van der Waals surface area contributed by atoms with Crippen LogP contribution in [0.1, 0.15) is 54.5 Å². The third-order valence-electron chi connectivity index (χ3n) is 8.75. The van der Waals surface area contributed by atoms with Crippen molar-refractivity contribution >= 4 is 43.2 Å². The van der Waals surface area contributed by atoms with Crippen LogP contribution >= 0.6 is 10.8 Å². The second kappa shape index (κ2) is 13.1. The quantitative estimate of drug-likeness (QED) is 0.170. The Hall–Kier alpha value is -3.45.